The molecule has 2 fully saturated rings. The van der Waals surface area contributed by atoms with E-state index in [0.717, 1.165) is 25.8 Å². The number of hydrogen-bond acceptors (Lipinski definition) is 3. The van der Waals surface area contributed by atoms with E-state index < -0.39 is 5.60 Å². The van der Waals surface area contributed by atoms with Crippen LogP contribution in [0.25, 0.3) is 0 Å². The number of hydrogen-bond donors (Lipinski definition) is 1. The molecule has 1 heterocycles. The van der Waals surface area contributed by atoms with Crippen LogP contribution >= 0.6 is 0 Å². The van der Waals surface area contributed by atoms with E-state index in [1.165, 1.54) is 0 Å². The third-order valence-electron chi connectivity index (χ3n) is 3.44. The molecule has 16 heavy (non-hydrogen) atoms. The topological polar surface area (TPSA) is 49.8 Å². The van der Waals surface area contributed by atoms with Crippen LogP contribution in [0.5, 0.6) is 0 Å². The Hall–Kier alpha value is -0.770. The molecule has 0 radical (unpaired) electrons. The van der Waals surface area contributed by atoms with Crippen molar-refractivity contribution in [2.75, 3.05) is 6.54 Å². The van der Waals surface area contributed by atoms with Crippen LogP contribution in [0.3, 0.4) is 0 Å². The Kier molecular flexibility index (Phi) is 2.86. The van der Waals surface area contributed by atoms with E-state index in [-0.39, 0.29) is 18.2 Å². The molecule has 0 aromatic carbocycles. The molecule has 0 spiro atoms. The molecule has 2 aliphatic rings. The predicted octanol–water partition coefficient (Wildman–Crippen LogP) is 1.77. The summed E-state index contributed by atoms with van der Waals surface area (Å²) in [4.78, 5) is 13.7. The van der Waals surface area contributed by atoms with Crippen LogP contribution in [0.4, 0.5) is 4.79 Å². The van der Waals surface area contributed by atoms with Crippen molar-refractivity contribution in [1.29, 1.82) is 0 Å². The van der Waals surface area contributed by atoms with Crippen molar-refractivity contribution in [2.45, 2.75) is 57.8 Å². The van der Waals surface area contributed by atoms with E-state index in [1.807, 2.05) is 20.8 Å². The number of carbonyl (C=O) groups excluding carboxylic acids is 1. The number of nitrogens with zero attached hydrogens (tertiary/aromatic N) is 1. The maximum atomic E-state index is 11.9. The summed E-state index contributed by atoms with van der Waals surface area (Å²) in [5, 5.41) is 9.87. The summed E-state index contributed by atoms with van der Waals surface area (Å²) in [6, 6.07) is -0.00477. The van der Waals surface area contributed by atoms with Gasteiger partial charge < -0.3 is 14.7 Å². The Morgan fingerprint density at radius 1 is 1.31 bits per heavy atom. The third kappa shape index (κ3) is 2.17. The Labute approximate surface area is 96.6 Å². The van der Waals surface area contributed by atoms with Crippen molar-refractivity contribution in [2.24, 2.45) is 5.92 Å². The minimum atomic E-state index is -0.460. The zero-order valence-electron chi connectivity index (χ0n) is 10.3. The molecule has 92 valence electrons. The molecule has 4 heteroatoms. The first-order chi connectivity index (χ1) is 7.38. The van der Waals surface area contributed by atoms with E-state index in [0.29, 0.717) is 5.92 Å². The van der Waals surface area contributed by atoms with Crippen molar-refractivity contribution >= 4 is 6.09 Å². The first-order valence-corrected chi connectivity index (χ1v) is 6.06. The molecule has 4 nitrogen and oxygen atoms in total. The van der Waals surface area contributed by atoms with Gasteiger partial charge in [0.2, 0.25) is 0 Å². The maximum absolute atomic E-state index is 11.9. The van der Waals surface area contributed by atoms with Crippen LogP contribution in [-0.4, -0.2) is 40.4 Å². The SMILES string of the molecule is CC(C)(C)OC(=O)N1CC[C@@H]2CC[C@H](O)[C@@H]21. The molecule has 1 aliphatic carbocycles. The van der Waals surface area contributed by atoms with Crippen LogP contribution < -0.4 is 0 Å². The Bertz CT molecular complexity index is 284. The number of rotatable bonds is 0. The van der Waals surface area contributed by atoms with Crippen LogP contribution in [0, 0.1) is 5.92 Å². The van der Waals surface area contributed by atoms with Crippen molar-refractivity contribution in [1.82, 2.24) is 4.90 Å². The van der Waals surface area contributed by atoms with E-state index >= 15 is 0 Å². The van der Waals surface area contributed by atoms with E-state index in [2.05, 4.69) is 0 Å². The quantitative estimate of drug-likeness (QED) is 0.686. The van der Waals surface area contributed by atoms with Crippen molar-refractivity contribution in [3.05, 3.63) is 0 Å². The Morgan fingerprint density at radius 2 is 2.00 bits per heavy atom. The Balaban J connectivity index is 2.02. The number of likely N-dealkylation sites (tertiary alicyclic amines) is 1. The monoisotopic (exact) mass is 227 g/mol. The molecule has 3 atom stereocenters. The molecule has 1 aliphatic heterocycles. The normalized spacial score (nSPS) is 34.0. The molecule has 0 unspecified atom stereocenters. The standard InChI is InChI=1S/C12H21NO3/c1-12(2,3)16-11(15)13-7-6-8-4-5-9(14)10(8)13/h8-10,14H,4-7H2,1-3H3/t8-,9-,10+/m0/s1. The molecule has 0 bridgehead atoms. The lowest BCUT2D eigenvalue weighted by Gasteiger charge is -2.29. The third-order valence-corrected chi connectivity index (χ3v) is 3.44. The highest BCUT2D eigenvalue weighted by Gasteiger charge is 2.46. The molecule has 1 amide bonds. The fourth-order valence-corrected chi connectivity index (χ4v) is 2.81. The zero-order chi connectivity index (χ0) is 11.9. The molecule has 0 aromatic rings. The van der Waals surface area contributed by atoms with Crippen molar-refractivity contribution < 1.29 is 14.6 Å². The van der Waals surface area contributed by atoms with E-state index in [1.54, 1.807) is 4.90 Å². The highest BCUT2D eigenvalue weighted by atomic mass is 16.6. The first kappa shape index (κ1) is 11.7. The van der Waals surface area contributed by atoms with Gasteiger partial charge in [0.15, 0.2) is 0 Å². The first-order valence-electron chi connectivity index (χ1n) is 6.06. The summed E-state index contributed by atoms with van der Waals surface area (Å²) in [5.74, 6) is 0.475. The molecule has 1 N–H and O–H groups in total. The molecule has 0 aromatic heterocycles. The van der Waals surface area contributed by atoms with E-state index in [9.17, 15) is 9.90 Å². The van der Waals surface area contributed by atoms with Gasteiger partial charge in [-0.05, 0) is 46.0 Å². The Morgan fingerprint density at radius 3 is 2.62 bits per heavy atom. The van der Waals surface area contributed by atoms with Gasteiger partial charge in [0.1, 0.15) is 5.60 Å². The van der Waals surface area contributed by atoms with Gasteiger partial charge in [-0.15, -0.1) is 0 Å². The summed E-state index contributed by atoms with van der Waals surface area (Å²) in [5.41, 5.74) is -0.460. The van der Waals surface area contributed by atoms with Gasteiger partial charge in [0.25, 0.3) is 0 Å². The molecular formula is C12H21NO3. The average Bonchev–Trinajstić information content (AvgIpc) is 2.66. The number of carbonyl (C=O) groups is 1. The van der Waals surface area contributed by atoms with Crippen LogP contribution in [-0.2, 0) is 4.74 Å². The van der Waals surface area contributed by atoms with Crippen molar-refractivity contribution in [3.8, 4) is 0 Å². The lowest BCUT2D eigenvalue weighted by Crippen LogP contribution is -2.44. The van der Waals surface area contributed by atoms with Gasteiger partial charge in [0, 0.05) is 6.54 Å². The van der Waals surface area contributed by atoms with E-state index in [4.69, 9.17) is 4.74 Å². The summed E-state index contributed by atoms with van der Waals surface area (Å²) >= 11 is 0. The lowest BCUT2D eigenvalue weighted by molar-refractivity contribution is 0.00753. The van der Waals surface area contributed by atoms with Crippen molar-refractivity contribution in [3.63, 3.8) is 0 Å². The largest absolute Gasteiger partial charge is 0.444 e. The molecular weight excluding hydrogens is 206 g/mol. The maximum Gasteiger partial charge on any atom is 0.410 e. The number of amides is 1. The smallest absolute Gasteiger partial charge is 0.410 e. The second-order valence-electron chi connectivity index (χ2n) is 5.86. The number of aliphatic hydroxyl groups is 1. The molecule has 2 rings (SSSR count). The summed E-state index contributed by atoms with van der Waals surface area (Å²) in [7, 11) is 0. The highest BCUT2D eigenvalue weighted by Crippen LogP contribution is 2.38. The van der Waals surface area contributed by atoms with Gasteiger partial charge in [-0.3, -0.25) is 0 Å². The van der Waals surface area contributed by atoms with Gasteiger partial charge in [-0.2, -0.15) is 0 Å². The van der Waals surface area contributed by atoms with Crippen LogP contribution in [0.2, 0.25) is 0 Å². The minimum Gasteiger partial charge on any atom is -0.444 e. The lowest BCUT2D eigenvalue weighted by atomic mass is 10.0. The number of fused-ring (bicyclic) bond motifs is 1. The fourth-order valence-electron chi connectivity index (χ4n) is 2.81. The van der Waals surface area contributed by atoms with Gasteiger partial charge in [-0.1, -0.05) is 0 Å². The van der Waals surface area contributed by atoms with Gasteiger partial charge >= 0.3 is 6.09 Å². The summed E-state index contributed by atoms with van der Waals surface area (Å²) < 4.78 is 5.35. The number of aliphatic hydroxyl groups excluding tert-OH is 1. The summed E-state index contributed by atoms with van der Waals surface area (Å²) in [6.45, 7) is 6.32. The molecule has 1 saturated heterocycles. The second-order valence-corrected chi connectivity index (χ2v) is 5.86. The highest BCUT2D eigenvalue weighted by molar-refractivity contribution is 5.69. The summed E-state index contributed by atoms with van der Waals surface area (Å²) in [6.07, 6.45) is 2.21. The fraction of sp³-hybridized carbons (Fsp3) is 0.917. The second kappa shape index (κ2) is 3.91. The minimum absolute atomic E-state index is 0.00477. The average molecular weight is 227 g/mol. The van der Waals surface area contributed by atoms with Crippen LogP contribution in [0.15, 0.2) is 0 Å². The number of ether oxygens (including phenoxy) is 1. The van der Waals surface area contributed by atoms with Gasteiger partial charge in [0.05, 0.1) is 12.1 Å². The van der Waals surface area contributed by atoms with Gasteiger partial charge in [-0.25, -0.2) is 4.79 Å². The zero-order valence-corrected chi connectivity index (χ0v) is 10.3. The van der Waals surface area contributed by atoms with Crippen LogP contribution in [0.1, 0.15) is 40.0 Å². The molecule has 1 saturated carbocycles. The predicted molar refractivity (Wildman–Crippen MR) is 60.1 cm³/mol.